The number of halogens is 1. The summed E-state index contributed by atoms with van der Waals surface area (Å²) >= 11 is 6.30. The maximum Gasteiger partial charge on any atom is 0.109 e. The Labute approximate surface area is 100 Å². The molecule has 0 aromatic heterocycles. The van der Waals surface area contributed by atoms with E-state index < -0.39 is 0 Å². The molecule has 1 aliphatic carbocycles. The van der Waals surface area contributed by atoms with Crippen molar-refractivity contribution in [2.75, 3.05) is 5.01 Å². The van der Waals surface area contributed by atoms with Crippen LogP contribution in [-0.2, 0) is 0 Å². The van der Waals surface area contributed by atoms with Gasteiger partial charge in [0.25, 0.3) is 0 Å². The van der Waals surface area contributed by atoms with Gasteiger partial charge in [-0.05, 0) is 24.6 Å². The van der Waals surface area contributed by atoms with Crippen molar-refractivity contribution in [3.8, 4) is 0 Å². The summed E-state index contributed by atoms with van der Waals surface area (Å²) in [6.07, 6.45) is 7.41. The van der Waals surface area contributed by atoms with E-state index in [4.69, 9.17) is 11.6 Å². The number of allylic oxidation sites excluding steroid dienone is 3. The summed E-state index contributed by atoms with van der Waals surface area (Å²) < 4.78 is 0. The Kier molecular flexibility index (Phi) is 2.46. The molecule has 1 N–H and O–H groups in total. The number of fused-ring (bicyclic) bond motifs is 1. The van der Waals surface area contributed by atoms with E-state index in [1.807, 2.05) is 18.2 Å². The largest absolute Gasteiger partial charge is 0.279 e. The van der Waals surface area contributed by atoms with Crippen LogP contribution in [0, 0.1) is 5.92 Å². The van der Waals surface area contributed by atoms with Crippen molar-refractivity contribution in [1.29, 1.82) is 0 Å². The molecule has 2 atom stereocenters. The summed E-state index contributed by atoms with van der Waals surface area (Å²) in [5, 5.41) is 2.09. The molecule has 1 saturated heterocycles. The van der Waals surface area contributed by atoms with E-state index in [0.717, 1.165) is 12.1 Å². The van der Waals surface area contributed by atoms with Crippen LogP contribution >= 0.6 is 11.6 Å². The summed E-state index contributed by atoms with van der Waals surface area (Å²) in [6, 6.07) is 10.3. The first-order chi connectivity index (χ1) is 7.86. The molecule has 16 heavy (non-hydrogen) atoms. The zero-order chi connectivity index (χ0) is 11.0. The molecule has 0 spiro atoms. The molecule has 2 nitrogen and oxygen atoms in total. The molecule has 3 rings (SSSR count). The van der Waals surface area contributed by atoms with Crippen LogP contribution < -0.4 is 10.4 Å². The average molecular weight is 233 g/mol. The Morgan fingerprint density at radius 2 is 2.06 bits per heavy atom. The quantitative estimate of drug-likeness (QED) is 0.592. The summed E-state index contributed by atoms with van der Waals surface area (Å²) in [6.45, 7) is 0. The maximum absolute atomic E-state index is 6.30. The van der Waals surface area contributed by atoms with Crippen LogP contribution in [0.3, 0.4) is 0 Å². The Hall–Kier alpha value is -1.25. The number of benzene rings is 1. The predicted molar refractivity (Wildman–Crippen MR) is 67.0 cm³/mol. The van der Waals surface area contributed by atoms with E-state index in [9.17, 15) is 0 Å². The average Bonchev–Trinajstić information content (AvgIpc) is 2.69. The normalized spacial score (nSPS) is 27.8. The van der Waals surface area contributed by atoms with Gasteiger partial charge in [0.15, 0.2) is 0 Å². The highest BCUT2D eigenvalue weighted by Crippen LogP contribution is 2.36. The van der Waals surface area contributed by atoms with Gasteiger partial charge in [-0.25, -0.2) is 5.43 Å². The molecule has 2 unspecified atom stereocenters. The highest BCUT2D eigenvalue weighted by molar-refractivity contribution is 6.21. The number of anilines is 1. The van der Waals surface area contributed by atoms with Crippen molar-refractivity contribution in [1.82, 2.24) is 5.43 Å². The lowest BCUT2D eigenvalue weighted by Crippen LogP contribution is -2.32. The van der Waals surface area contributed by atoms with Crippen molar-refractivity contribution in [3.05, 3.63) is 54.3 Å². The first-order valence-corrected chi connectivity index (χ1v) is 5.92. The first-order valence-electron chi connectivity index (χ1n) is 5.48. The van der Waals surface area contributed by atoms with Crippen LogP contribution in [-0.4, -0.2) is 5.50 Å². The summed E-state index contributed by atoms with van der Waals surface area (Å²) in [5.41, 5.74) is 5.68. The van der Waals surface area contributed by atoms with Gasteiger partial charge in [-0.1, -0.05) is 30.4 Å². The minimum absolute atomic E-state index is 0.0172. The monoisotopic (exact) mass is 232 g/mol. The number of rotatable bonds is 1. The minimum Gasteiger partial charge on any atom is -0.279 e. The van der Waals surface area contributed by atoms with Gasteiger partial charge in [-0.2, -0.15) is 0 Å². The van der Waals surface area contributed by atoms with Gasteiger partial charge < -0.3 is 0 Å². The van der Waals surface area contributed by atoms with Crippen molar-refractivity contribution in [2.24, 2.45) is 5.92 Å². The van der Waals surface area contributed by atoms with Crippen molar-refractivity contribution >= 4 is 17.3 Å². The minimum atomic E-state index is -0.0172. The lowest BCUT2D eigenvalue weighted by atomic mass is 9.98. The highest BCUT2D eigenvalue weighted by Gasteiger charge is 2.35. The van der Waals surface area contributed by atoms with Gasteiger partial charge in [0.05, 0.1) is 5.69 Å². The molecule has 0 saturated carbocycles. The van der Waals surface area contributed by atoms with Crippen LogP contribution in [0.4, 0.5) is 5.69 Å². The second kappa shape index (κ2) is 3.96. The zero-order valence-corrected chi connectivity index (χ0v) is 9.56. The van der Waals surface area contributed by atoms with E-state index in [-0.39, 0.29) is 5.50 Å². The van der Waals surface area contributed by atoms with Crippen LogP contribution in [0.2, 0.25) is 0 Å². The fourth-order valence-corrected chi connectivity index (χ4v) is 2.56. The molecule has 1 aliphatic heterocycles. The number of hydrazine groups is 1. The molecule has 1 aromatic rings. The van der Waals surface area contributed by atoms with Gasteiger partial charge in [0.2, 0.25) is 0 Å². The molecular weight excluding hydrogens is 220 g/mol. The van der Waals surface area contributed by atoms with E-state index in [2.05, 4.69) is 40.8 Å². The summed E-state index contributed by atoms with van der Waals surface area (Å²) in [4.78, 5) is 0. The molecule has 0 radical (unpaired) electrons. The Morgan fingerprint density at radius 1 is 1.25 bits per heavy atom. The van der Waals surface area contributed by atoms with Gasteiger partial charge in [0.1, 0.15) is 5.50 Å². The third-order valence-corrected chi connectivity index (χ3v) is 3.45. The molecular formula is C13H13ClN2. The van der Waals surface area contributed by atoms with Crippen molar-refractivity contribution in [3.63, 3.8) is 0 Å². The third-order valence-electron chi connectivity index (χ3n) is 3.05. The van der Waals surface area contributed by atoms with Crippen LogP contribution in [0.1, 0.15) is 6.42 Å². The standard InChI is InChI=1S/C13H13ClN2/c14-13-11-8-4-5-9-12(11)16(15-13)10-6-2-1-3-7-10/h1-7,9,11,13,15H,8H2. The van der Waals surface area contributed by atoms with Crippen molar-refractivity contribution < 1.29 is 0 Å². The second-order valence-electron chi connectivity index (χ2n) is 4.06. The third kappa shape index (κ3) is 1.55. The number of nitrogens with one attached hydrogen (secondary N) is 1. The Bertz CT molecular complexity index is 439. The fraction of sp³-hybridized carbons (Fsp3) is 0.231. The van der Waals surface area contributed by atoms with Crippen LogP contribution in [0.25, 0.3) is 0 Å². The highest BCUT2D eigenvalue weighted by atomic mass is 35.5. The summed E-state index contributed by atoms with van der Waals surface area (Å²) in [5.74, 6) is 0.381. The predicted octanol–water partition coefficient (Wildman–Crippen LogP) is 3.04. The van der Waals surface area contributed by atoms with Gasteiger partial charge >= 0.3 is 0 Å². The van der Waals surface area contributed by atoms with Crippen molar-refractivity contribution in [2.45, 2.75) is 11.9 Å². The summed E-state index contributed by atoms with van der Waals surface area (Å²) in [7, 11) is 0. The smallest absolute Gasteiger partial charge is 0.109 e. The molecule has 1 aromatic carbocycles. The SMILES string of the molecule is ClC1NN(c2ccccc2)C2=CC=CCC21. The zero-order valence-electron chi connectivity index (χ0n) is 8.81. The van der Waals surface area contributed by atoms with Gasteiger partial charge in [-0.15, -0.1) is 11.6 Å². The molecule has 2 aliphatic rings. The first kappa shape index (κ1) is 9.94. The molecule has 1 heterocycles. The lowest BCUT2D eigenvalue weighted by Gasteiger charge is -2.22. The topological polar surface area (TPSA) is 15.3 Å². The molecule has 3 heteroatoms. The number of hydrogen-bond acceptors (Lipinski definition) is 2. The number of alkyl halides is 1. The molecule has 0 amide bonds. The number of para-hydroxylation sites is 1. The van der Waals surface area contributed by atoms with Gasteiger partial charge in [-0.3, -0.25) is 5.01 Å². The van der Waals surface area contributed by atoms with E-state index in [1.54, 1.807) is 0 Å². The van der Waals surface area contributed by atoms with Crippen LogP contribution in [0.15, 0.2) is 54.3 Å². The number of nitrogens with zero attached hydrogens (tertiary/aromatic N) is 1. The van der Waals surface area contributed by atoms with Gasteiger partial charge in [0, 0.05) is 11.6 Å². The van der Waals surface area contributed by atoms with E-state index in [1.165, 1.54) is 5.70 Å². The number of hydrogen-bond donors (Lipinski definition) is 1. The molecule has 1 fully saturated rings. The second-order valence-corrected chi connectivity index (χ2v) is 4.53. The van der Waals surface area contributed by atoms with E-state index in [0.29, 0.717) is 5.92 Å². The molecule has 0 bridgehead atoms. The van der Waals surface area contributed by atoms with E-state index >= 15 is 0 Å². The Morgan fingerprint density at radius 3 is 2.88 bits per heavy atom. The maximum atomic E-state index is 6.30. The fourth-order valence-electron chi connectivity index (χ4n) is 2.23. The lowest BCUT2D eigenvalue weighted by molar-refractivity contribution is 0.605. The molecule has 82 valence electrons. The van der Waals surface area contributed by atoms with Crippen LogP contribution in [0.5, 0.6) is 0 Å². The Balaban J connectivity index is 1.97.